The Morgan fingerprint density at radius 2 is 1.91 bits per heavy atom. The molecule has 2 heterocycles. The molecule has 0 aromatic carbocycles. The Hall–Kier alpha value is -3.23. The fourth-order valence-corrected chi connectivity index (χ4v) is 4.77. The number of carbonyl (C=O) groups is 2. The number of aryl methyl sites for hydroxylation is 1. The van der Waals surface area contributed by atoms with Crippen molar-refractivity contribution in [3.05, 3.63) is 35.7 Å². The van der Waals surface area contributed by atoms with Gasteiger partial charge >= 0.3 is 12.1 Å². The van der Waals surface area contributed by atoms with E-state index in [9.17, 15) is 14.7 Å². The lowest BCUT2D eigenvalue weighted by Crippen LogP contribution is -2.35. The van der Waals surface area contributed by atoms with Gasteiger partial charge in [0.15, 0.2) is 0 Å². The average molecular weight is 469 g/mol. The van der Waals surface area contributed by atoms with Gasteiger partial charge in [-0.1, -0.05) is 12.8 Å². The van der Waals surface area contributed by atoms with E-state index in [0.717, 1.165) is 44.1 Å². The van der Waals surface area contributed by atoms with Crippen LogP contribution >= 0.6 is 0 Å². The molecule has 34 heavy (non-hydrogen) atoms. The molecule has 0 saturated heterocycles. The topological polar surface area (TPSA) is 115 Å². The van der Waals surface area contributed by atoms with Crippen LogP contribution in [0.25, 0.3) is 11.4 Å². The minimum atomic E-state index is -0.757. The van der Waals surface area contributed by atoms with E-state index in [1.54, 1.807) is 18.1 Å². The van der Waals surface area contributed by atoms with E-state index in [-0.39, 0.29) is 30.8 Å². The molecule has 2 aromatic rings. The normalized spacial score (nSPS) is 20.6. The van der Waals surface area contributed by atoms with Crippen molar-refractivity contribution in [2.24, 2.45) is 5.92 Å². The number of hydrogen-bond donors (Lipinski definition) is 1. The van der Waals surface area contributed by atoms with E-state index in [2.05, 4.69) is 15.2 Å². The highest BCUT2D eigenvalue weighted by molar-refractivity contribution is 5.70. The second kappa shape index (κ2) is 10.8. The van der Waals surface area contributed by atoms with Crippen LogP contribution in [-0.4, -0.2) is 56.4 Å². The van der Waals surface area contributed by atoms with E-state index >= 15 is 0 Å². The molecule has 2 fully saturated rings. The van der Waals surface area contributed by atoms with Crippen LogP contribution in [0.5, 0.6) is 5.75 Å². The van der Waals surface area contributed by atoms with Gasteiger partial charge in [0.1, 0.15) is 18.1 Å². The molecule has 4 rings (SSSR count). The zero-order chi connectivity index (χ0) is 24.1. The third-order valence-electron chi connectivity index (χ3n) is 6.80. The number of carboxylic acids is 1. The molecule has 0 bridgehead atoms. The maximum Gasteiger partial charge on any atom is 0.410 e. The number of nitrogens with zero attached hydrogens (tertiary/aromatic N) is 4. The molecule has 2 aliphatic rings. The van der Waals surface area contributed by atoms with Gasteiger partial charge in [0, 0.05) is 18.7 Å². The molecule has 0 radical (unpaired) electrons. The quantitative estimate of drug-likeness (QED) is 0.637. The number of carboxylic acid groups (broad SMARTS) is 1. The summed E-state index contributed by atoms with van der Waals surface area (Å²) in [5, 5.41) is 17.5. The predicted octanol–water partition coefficient (Wildman–Crippen LogP) is 4.38. The first-order valence-electron chi connectivity index (χ1n) is 12.0. The maximum absolute atomic E-state index is 12.4. The lowest BCUT2D eigenvalue weighted by molar-refractivity contribution is -0.143. The van der Waals surface area contributed by atoms with Gasteiger partial charge in [-0.3, -0.25) is 4.79 Å². The van der Waals surface area contributed by atoms with Gasteiger partial charge in [0.2, 0.25) is 0 Å². The SMILES string of the molecule is Cc1nc(-c2cc(COC(=O)N(C)C3CCCC3)cnn2)ccc1O[C@H]1CCC[C@H](C(=O)O)C1. The molecule has 1 amide bonds. The summed E-state index contributed by atoms with van der Waals surface area (Å²) in [6.07, 6.45) is 8.39. The summed E-state index contributed by atoms with van der Waals surface area (Å²) in [7, 11) is 1.79. The van der Waals surface area contributed by atoms with Crippen molar-refractivity contribution >= 4 is 12.1 Å². The first-order valence-corrected chi connectivity index (χ1v) is 12.0. The minimum absolute atomic E-state index is 0.116. The maximum atomic E-state index is 12.4. The van der Waals surface area contributed by atoms with Crippen molar-refractivity contribution < 1.29 is 24.2 Å². The highest BCUT2D eigenvalue weighted by Crippen LogP contribution is 2.30. The van der Waals surface area contributed by atoms with Crippen molar-refractivity contribution in [2.45, 2.75) is 77.0 Å². The number of carbonyl (C=O) groups excluding carboxylic acids is 1. The zero-order valence-corrected chi connectivity index (χ0v) is 19.8. The Morgan fingerprint density at radius 1 is 1.12 bits per heavy atom. The van der Waals surface area contributed by atoms with E-state index < -0.39 is 5.97 Å². The lowest BCUT2D eigenvalue weighted by atomic mass is 9.87. The fourth-order valence-electron chi connectivity index (χ4n) is 4.77. The number of aromatic nitrogens is 3. The summed E-state index contributed by atoms with van der Waals surface area (Å²) < 4.78 is 11.6. The molecule has 2 saturated carbocycles. The van der Waals surface area contributed by atoms with Crippen LogP contribution < -0.4 is 4.74 Å². The Labute approximate surface area is 199 Å². The zero-order valence-electron chi connectivity index (χ0n) is 19.8. The van der Waals surface area contributed by atoms with E-state index in [0.29, 0.717) is 35.7 Å². The summed E-state index contributed by atoms with van der Waals surface area (Å²) in [5.74, 6) is -0.461. The van der Waals surface area contributed by atoms with Gasteiger partial charge in [0.05, 0.1) is 29.6 Å². The summed E-state index contributed by atoms with van der Waals surface area (Å²) >= 11 is 0. The molecule has 9 nitrogen and oxygen atoms in total. The average Bonchev–Trinajstić information content (AvgIpc) is 3.39. The number of hydrogen-bond acceptors (Lipinski definition) is 7. The molecule has 1 N–H and O–H groups in total. The van der Waals surface area contributed by atoms with E-state index in [1.807, 2.05) is 25.1 Å². The largest absolute Gasteiger partial charge is 0.489 e. The van der Waals surface area contributed by atoms with Gasteiger partial charge in [-0.25, -0.2) is 9.78 Å². The molecule has 2 aromatic heterocycles. The molecule has 0 aliphatic heterocycles. The Bertz CT molecular complexity index is 1020. The monoisotopic (exact) mass is 468 g/mol. The fraction of sp³-hybridized carbons (Fsp3) is 0.560. The first kappa shape index (κ1) is 23.9. The van der Waals surface area contributed by atoms with Gasteiger partial charge in [-0.15, -0.1) is 5.10 Å². The van der Waals surface area contributed by atoms with E-state index in [4.69, 9.17) is 9.47 Å². The summed E-state index contributed by atoms with van der Waals surface area (Å²) in [6.45, 7) is 1.97. The van der Waals surface area contributed by atoms with Crippen molar-refractivity contribution in [3.8, 4) is 17.1 Å². The molecular weight excluding hydrogens is 436 g/mol. The van der Waals surface area contributed by atoms with Crippen molar-refractivity contribution in [3.63, 3.8) is 0 Å². The van der Waals surface area contributed by atoms with Crippen LogP contribution in [0.4, 0.5) is 4.79 Å². The third kappa shape index (κ3) is 5.81. The first-order chi connectivity index (χ1) is 16.4. The van der Waals surface area contributed by atoms with Gasteiger partial charge < -0.3 is 19.5 Å². The molecular formula is C25H32N4O5. The standard InChI is InChI=1S/C25H32N4O5/c1-16-23(34-20-9-5-6-18(13-20)24(30)31)11-10-21(27-16)22-12-17(14-26-28-22)15-33-25(32)29(2)19-7-3-4-8-19/h10-12,14,18-20H,3-9,13,15H2,1-2H3,(H,30,31)/t18-,20-/m0/s1. The smallest absolute Gasteiger partial charge is 0.410 e. The van der Waals surface area contributed by atoms with Crippen LogP contribution in [0.1, 0.15) is 62.6 Å². The van der Waals surface area contributed by atoms with Crippen LogP contribution in [-0.2, 0) is 16.1 Å². The van der Waals surface area contributed by atoms with Crippen molar-refractivity contribution in [2.75, 3.05) is 7.05 Å². The van der Waals surface area contributed by atoms with Crippen molar-refractivity contribution in [1.29, 1.82) is 0 Å². The Balaban J connectivity index is 1.37. The van der Waals surface area contributed by atoms with Gasteiger partial charge in [-0.05, 0) is 63.6 Å². The van der Waals surface area contributed by atoms with Crippen LogP contribution in [0, 0.1) is 12.8 Å². The number of rotatable bonds is 7. The molecule has 2 aliphatic carbocycles. The molecule has 182 valence electrons. The number of pyridine rings is 1. The lowest BCUT2D eigenvalue weighted by Gasteiger charge is -2.27. The molecule has 2 atom stereocenters. The predicted molar refractivity (Wildman–Crippen MR) is 124 cm³/mol. The minimum Gasteiger partial charge on any atom is -0.489 e. The molecule has 0 spiro atoms. The second-order valence-corrected chi connectivity index (χ2v) is 9.27. The number of ether oxygens (including phenoxy) is 2. The molecule has 0 unspecified atom stereocenters. The summed E-state index contributed by atoms with van der Waals surface area (Å²) in [6, 6.07) is 5.73. The van der Waals surface area contributed by atoms with Crippen LogP contribution in [0.3, 0.4) is 0 Å². The van der Waals surface area contributed by atoms with Gasteiger partial charge in [-0.2, -0.15) is 5.10 Å². The van der Waals surface area contributed by atoms with Crippen LogP contribution in [0.2, 0.25) is 0 Å². The molecule has 9 heteroatoms. The third-order valence-corrected chi connectivity index (χ3v) is 6.80. The number of amides is 1. The highest BCUT2D eigenvalue weighted by atomic mass is 16.6. The second-order valence-electron chi connectivity index (χ2n) is 9.27. The number of aliphatic carboxylic acids is 1. The highest BCUT2D eigenvalue weighted by Gasteiger charge is 2.28. The van der Waals surface area contributed by atoms with Crippen LogP contribution in [0.15, 0.2) is 24.4 Å². The van der Waals surface area contributed by atoms with Crippen molar-refractivity contribution in [1.82, 2.24) is 20.1 Å². The summed E-state index contributed by atoms with van der Waals surface area (Å²) in [4.78, 5) is 30.0. The Morgan fingerprint density at radius 3 is 2.65 bits per heavy atom. The Kier molecular flexibility index (Phi) is 7.59. The summed E-state index contributed by atoms with van der Waals surface area (Å²) in [5.41, 5.74) is 2.66. The van der Waals surface area contributed by atoms with E-state index in [1.165, 1.54) is 0 Å². The van der Waals surface area contributed by atoms with Gasteiger partial charge in [0.25, 0.3) is 0 Å².